The van der Waals surface area contributed by atoms with Crippen LogP contribution in [-0.4, -0.2) is 34.1 Å². The molecular weight excluding hydrogens is 338 g/mol. The maximum Gasteiger partial charge on any atom is 0.282 e. The van der Waals surface area contributed by atoms with E-state index in [2.05, 4.69) is 5.32 Å². The molecule has 3 rings (SSSR count). The minimum absolute atomic E-state index is 0.0106. The highest BCUT2D eigenvalue weighted by Crippen LogP contribution is 2.30. The summed E-state index contributed by atoms with van der Waals surface area (Å²) in [6.07, 6.45) is -0.104. The Balaban J connectivity index is 1.72. The molecule has 0 fully saturated rings. The van der Waals surface area contributed by atoms with E-state index in [1.165, 1.54) is 18.2 Å². The number of para-hydroxylation sites is 1. The van der Waals surface area contributed by atoms with E-state index < -0.39 is 22.4 Å². The van der Waals surface area contributed by atoms with E-state index in [1.54, 1.807) is 12.1 Å². The topological polar surface area (TPSA) is 110 Å². The van der Waals surface area contributed by atoms with E-state index in [4.69, 9.17) is 0 Å². The zero-order valence-corrected chi connectivity index (χ0v) is 13.9. The van der Waals surface area contributed by atoms with Gasteiger partial charge < -0.3 is 5.32 Å². The van der Waals surface area contributed by atoms with Gasteiger partial charge >= 0.3 is 0 Å². The Morgan fingerprint density at radius 3 is 2.54 bits per heavy atom. The summed E-state index contributed by atoms with van der Waals surface area (Å²) in [7, 11) is 0. The largest absolute Gasteiger partial charge is 0.326 e. The number of rotatable bonds is 5. The minimum Gasteiger partial charge on any atom is -0.326 e. The lowest BCUT2D eigenvalue weighted by molar-refractivity contribution is -0.385. The molecule has 0 radical (unpaired) electrons. The quantitative estimate of drug-likeness (QED) is 0.504. The molecule has 0 aromatic heterocycles. The third-order valence-corrected chi connectivity index (χ3v) is 4.16. The maximum atomic E-state index is 12.4. The number of nitro groups is 1. The summed E-state index contributed by atoms with van der Waals surface area (Å²) in [5, 5.41) is 13.8. The molecule has 8 heteroatoms. The summed E-state index contributed by atoms with van der Waals surface area (Å²) >= 11 is 0. The highest BCUT2D eigenvalue weighted by atomic mass is 16.6. The molecule has 1 N–H and O–H groups in total. The van der Waals surface area contributed by atoms with Crippen molar-refractivity contribution in [2.45, 2.75) is 13.3 Å². The van der Waals surface area contributed by atoms with Gasteiger partial charge in [0.05, 0.1) is 10.5 Å². The van der Waals surface area contributed by atoms with Crippen LogP contribution in [-0.2, 0) is 4.79 Å². The first-order chi connectivity index (χ1) is 12.4. The number of imide groups is 1. The number of fused-ring (bicyclic) bond motifs is 1. The van der Waals surface area contributed by atoms with Crippen molar-refractivity contribution in [2.24, 2.45) is 0 Å². The molecular formula is C18H15N3O5. The summed E-state index contributed by atoms with van der Waals surface area (Å²) in [6.45, 7) is 1.69. The second-order valence-corrected chi connectivity index (χ2v) is 5.83. The molecule has 0 saturated carbocycles. The smallest absolute Gasteiger partial charge is 0.282 e. The van der Waals surface area contributed by atoms with Gasteiger partial charge in [-0.1, -0.05) is 24.3 Å². The summed E-state index contributed by atoms with van der Waals surface area (Å²) in [5.74, 6) is -1.73. The van der Waals surface area contributed by atoms with Crippen molar-refractivity contribution < 1.29 is 19.3 Å². The van der Waals surface area contributed by atoms with Crippen LogP contribution in [0.2, 0.25) is 0 Å². The van der Waals surface area contributed by atoms with E-state index >= 15 is 0 Å². The number of benzene rings is 2. The predicted molar refractivity (Wildman–Crippen MR) is 92.9 cm³/mol. The molecule has 0 atom stereocenters. The molecule has 132 valence electrons. The maximum absolute atomic E-state index is 12.4. The van der Waals surface area contributed by atoms with Crippen molar-refractivity contribution in [3.63, 3.8) is 0 Å². The Labute approximate surface area is 148 Å². The first-order valence-electron chi connectivity index (χ1n) is 7.89. The second kappa shape index (κ2) is 6.75. The first-order valence-corrected chi connectivity index (χ1v) is 7.89. The number of hydrogen-bond donors (Lipinski definition) is 1. The Hall–Kier alpha value is -3.55. The number of hydrogen-bond acceptors (Lipinski definition) is 5. The van der Waals surface area contributed by atoms with E-state index in [9.17, 15) is 24.5 Å². The fourth-order valence-corrected chi connectivity index (χ4v) is 2.81. The highest BCUT2D eigenvalue weighted by molar-refractivity contribution is 6.23. The minimum atomic E-state index is -0.749. The highest BCUT2D eigenvalue weighted by Gasteiger charge is 2.40. The molecule has 1 aliphatic rings. The predicted octanol–water partition coefficient (Wildman–Crippen LogP) is 2.53. The average molecular weight is 353 g/mol. The Kier molecular flexibility index (Phi) is 4.49. The summed E-state index contributed by atoms with van der Waals surface area (Å²) < 4.78 is 0. The van der Waals surface area contributed by atoms with Gasteiger partial charge in [0.25, 0.3) is 17.5 Å². The van der Waals surface area contributed by atoms with Gasteiger partial charge in [-0.3, -0.25) is 29.4 Å². The molecule has 26 heavy (non-hydrogen) atoms. The van der Waals surface area contributed by atoms with Gasteiger partial charge in [0.15, 0.2) is 0 Å². The van der Waals surface area contributed by atoms with Gasteiger partial charge in [0.1, 0.15) is 5.56 Å². The SMILES string of the molecule is Cc1ccccc1NC(=O)CCN1C(=O)c2cccc([N+](=O)[O-])c2C1=O. The van der Waals surface area contributed by atoms with Crippen LogP contribution < -0.4 is 5.32 Å². The van der Waals surface area contributed by atoms with Gasteiger partial charge in [0.2, 0.25) is 5.91 Å². The van der Waals surface area contributed by atoms with Crippen molar-refractivity contribution in [2.75, 3.05) is 11.9 Å². The molecule has 0 saturated heterocycles. The summed E-state index contributed by atoms with van der Waals surface area (Å²) in [6, 6.07) is 11.1. The fraction of sp³-hybridized carbons (Fsp3) is 0.167. The van der Waals surface area contributed by atoms with Crippen LogP contribution in [0.3, 0.4) is 0 Å². The lowest BCUT2D eigenvalue weighted by atomic mass is 10.1. The second-order valence-electron chi connectivity index (χ2n) is 5.83. The van der Waals surface area contributed by atoms with Gasteiger partial charge in [-0.2, -0.15) is 0 Å². The number of nitro benzene ring substituents is 1. The van der Waals surface area contributed by atoms with Crippen LogP contribution >= 0.6 is 0 Å². The van der Waals surface area contributed by atoms with E-state index in [-0.39, 0.29) is 30.0 Å². The number of nitrogens with zero attached hydrogens (tertiary/aromatic N) is 2. The van der Waals surface area contributed by atoms with Crippen LogP contribution in [0.4, 0.5) is 11.4 Å². The Bertz CT molecular complexity index is 938. The zero-order chi connectivity index (χ0) is 18.8. The molecule has 2 aromatic carbocycles. The molecule has 2 aromatic rings. The van der Waals surface area contributed by atoms with Crippen molar-refractivity contribution in [3.05, 3.63) is 69.3 Å². The standard InChI is InChI=1S/C18H15N3O5/c1-11-5-2-3-7-13(11)19-15(22)9-10-20-17(23)12-6-4-8-14(21(25)26)16(12)18(20)24/h2-8H,9-10H2,1H3,(H,19,22). The summed E-state index contributed by atoms with van der Waals surface area (Å²) in [4.78, 5) is 48.2. The zero-order valence-electron chi connectivity index (χ0n) is 13.9. The van der Waals surface area contributed by atoms with Gasteiger partial charge in [0, 0.05) is 24.7 Å². The van der Waals surface area contributed by atoms with Crippen molar-refractivity contribution in [1.82, 2.24) is 4.90 Å². The van der Waals surface area contributed by atoms with Gasteiger partial charge in [-0.15, -0.1) is 0 Å². The third-order valence-electron chi connectivity index (χ3n) is 4.16. The van der Waals surface area contributed by atoms with Crippen LogP contribution in [0.1, 0.15) is 32.7 Å². The number of nitrogens with one attached hydrogen (secondary N) is 1. The van der Waals surface area contributed by atoms with E-state index in [0.717, 1.165) is 10.5 Å². The molecule has 1 heterocycles. The number of anilines is 1. The Morgan fingerprint density at radius 1 is 1.12 bits per heavy atom. The number of aryl methyl sites for hydroxylation is 1. The molecule has 0 unspecified atom stereocenters. The Morgan fingerprint density at radius 2 is 1.85 bits per heavy atom. The normalized spacial score (nSPS) is 12.9. The summed E-state index contributed by atoms with van der Waals surface area (Å²) in [5.41, 5.74) is 0.894. The van der Waals surface area contributed by atoms with Gasteiger partial charge in [-0.05, 0) is 24.6 Å². The number of carbonyl (C=O) groups excluding carboxylic acids is 3. The molecule has 3 amide bonds. The molecule has 0 bridgehead atoms. The van der Waals surface area contributed by atoms with Crippen LogP contribution in [0, 0.1) is 17.0 Å². The fourth-order valence-electron chi connectivity index (χ4n) is 2.81. The lowest BCUT2D eigenvalue weighted by Gasteiger charge is -2.14. The number of carbonyl (C=O) groups is 3. The van der Waals surface area contributed by atoms with Crippen molar-refractivity contribution in [1.29, 1.82) is 0 Å². The van der Waals surface area contributed by atoms with E-state index in [0.29, 0.717) is 5.69 Å². The van der Waals surface area contributed by atoms with Crippen LogP contribution in [0.15, 0.2) is 42.5 Å². The van der Waals surface area contributed by atoms with Crippen LogP contribution in [0.25, 0.3) is 0 Å². The van der Waals surface area contributed by atoms with Crippen molar-refractivity contribution >= 4 is 29.1 Å². The average Bonchev–Trinajstić information content (AvgIpc) is 2.86. The monoisotopic (exact) mass is 353 g/mol. The van der Waals surface area contributed by atoms with Crippen molar-refractivity contribution in [3.8, 4) is 0 Å². The van der Waals surface area contributed by atoms with Gasteiger partial charge in [-0.25, -0.2) is 0 Å². The number of amides is 3. The lowest BCUT2D eigenvalue weighted by Crippen LogP contribution is -2.33. The molecule has 1 aliphatic heterocycles. The molecule has 8 nitrogen and oxygen atoms in total. The molecule has 0 spiro atoms. The first kappa shape index (κ1) is 17.3. The third kappa shape index (κ3) is 3.04. The van der Waals surface area contributed by atoms with Crippen LogP contribution in [0.5, 0.6) is 0 Å². The molecule has 0 aliphatic carbocycles. The van der Waals surface area contributed by atoms with E-state index in [1.807, 2.05) is 19.1 Å².